The molecule has 0 unspecified atom stereocenters. The molecule has 4 heteroatoms. The quantitative estimate of drug-likeness (QED) is 0.832. The summed E-state index contributed by atoms with van der Waals surface area (Å²) >= 11 is 3.25. The molecular weight excluding hydrogens is 287 g/mol. The number of rotatable bonds is 5. The zero-order valence-corrected chi connectivity index (χ0v) is 11.8. The van der Waals surface area contributed by atoms with E-state index in [1.165, 1.54) is 12.1 Å². The molecule has 0 N–H and O–H groups in total. The minimum Gasteiger partial charge on any atom is -0.378 e. The third-order valence-electron chi connectivity index (χ3n) is 2.58. The standard InChI is InChI=1S/C13H16BrFO2/c1-13(2,17-3)8-11(16)6-9-4-5-10(15)7-12(9)14/h4-5,7H,6,8H2,1-3H3. The predicted octanol–water partition coefficient (Wildman–Crippen LogP) is 3.51. The number of hydrogen-bond acceptors (Lipinski definition) is 2. The Labute approximate surface area is 109 Å². The van der Waals surface area contributed by atoms with Gasteiger partial charge in [-0.3, -0.25) is 4.79 Å². The van der Waals surface area contributed by atoms with E-state index in [9.17, 15) is 9.18 Å². The highest BCUT2D eigenvalue weighted by Gasteiger charge is 2.21. The Hall–Kier alpha value is -0.740. The number of benzene rings is 1. The smallest absolute Gasteiger partial charge is 0.140 e. The number of halogens is 2. The van der Waals surface area contributed by atoms with Gasteiger partial charge in [0.05, 0.1) is 5.60 Å². The number of carbonyl (C=O) groups excluding carboxylic acids is 1. The molecule has 0 aliphatic heterocycles. The maximum atomic E-state index is 12.9. The zero-order chi connectivity index (χ0) is 13.1. The van der Waals surface area contributed by atoms with E-state index in [0.29, 0.717) is 10.9 Å². The molecule has 0 fully saturated rings. The summed E-state index contributed by atoms with van der Waals surface area (Å²) in [6.45, 7) is 3.73. The van der Waals surface area contributed by atoms with Crippen LogP contribution in [0.25, 0.3) is 0 Å². The molecule has 0 aromatic heterocycles. The second kappa shape index (κ2) is 5.74. The summed E-state index contributed by atoms with van der Waals surface area (Å²) in [6.07, 6.45) is 0.626. The molecule has 0 aliphatic rings. The Morgan fingerprint density at radius 3 is 2.65 bits per heavy atom. The topological polar surface area (TPSA) is 26.3 Å². The predicted molar refractivity (Wildman–Crippen MR) is 68.5 cm³/mol. The molecule has 0 aliphatic carbocycles. The summed E-state index contributed by atoms with van der Waals surface area (Å²) in [5, 5.41) is 0. The van der Waals surface area contributed by atoms with E-state index in [1.807, 2.05) is 13.8 Å². The number of carbonyl (C=O) groups is 1. The maximum absolute atomic E-state index is 12.9. The Balaban J connectivity index is 2.69. The van der Waals surface area contributed by atoms with E-state index >= 15 is 0 Å². The van der Waals surface area contributed by atoms with Gasteiger partial charge < -0.3 is 4.74 Å². The van der Waals surface area contributed by atoms with Crippen LogP contribution < -0.4 is 0 Å². The van der Waals surface area contributed by atoms with Crippen molar-refractivity contribution in [1.29, 1.82) is 0 Å². The van der Waals surface area contributed by atoms with Crippen molar-refractivity contribution >= 4 is 21.7 Å². The molecule has 17 heavy (non-hydrogen) atoms. The van der Waals surface area contributed by atoms with Gasteiger partial charge in [-0.05, 0) is 31.5 Å². The molecule has 0 heterocycles. The Morgan fingerprint density at radius 1 is 1.47 bits per heavy atom. The molecule has 0 bridgehead atoms. The summed E-state index contributed by atoms with van der Waals surface area (Å²) < 4.78 is 18.7. The molecule has 1 aromatic carbocycles. The number of ketones is 1. The van der Waals surface area contributed by atoms with Crippen LogP contribution in [0.1, 0.15) is 25.8 Å². The highest BCUT2D eigenvalue weighted by molar-refractivity contribution is 9.10. The minimum atomic E-state index is -0.455. The Kier molecular flexibility index (Phi) is 4.83. The average molecular weight is 303 g/mol. The Bertz CT molecular complexity index is 416. The van der Waals surface area contributed by atoms with Gasteiger partial charge in [-0.1, -0.05) is 22.0 Å². The van der Waals surface area contributed by atoms with Crippen molar-refractivity contribution in [2.24, 2.45) is 0 Å². The highest BCUT2D eigenvalue weighted by atomic mass is 79.9. The van der Waals surface area contributed by atoms with Crippen LogP contribution in [0.3, 0.4) is 0 Å². The van der Waals surface area contributed by atoms with Gasteiger partial charge >= 0.3 is 0 Å². The van der Waals surface area contributed by atoms with Gasteiger partial charge in [0.2, 0.25) is 0 Å². The lowest BCUT2D eigenvalue weighted by Gasteiger charge is -2.21. The van der Waals surface area contributed by atoms with Crippen molar-refractivity contribution in [1.82, 2.24) is 0 Å². The van der Waals surface area contributed by atoms with Crippen molar-refractivity contribution in [3.8, 4) is 0 Å². The van der Waals surface area contributed by atoms with Crippen LogP contribution in [0, 0.1) is 5.82 Å². The second-order valence-corrected chi connectivity index (χ2v) is 5.45. The first-order valence-electron chi connectivity index (χ1n) is 5.35. The lowest BCUT2D eigenvalue weighted by Crippen LogP contribution is -2.27. The van der Waals surface area contributed by atoms with Gasteiger partial charge in [0.25, 0.3) is 0 Å². The summed E-state index contributed by atoms with van der Waals surface area (Å²) in [4.78, 5) is 11.8. The van der Waals surface area contributed by atoms with E-state index in [1.54, 1.807) is 13.2 Å². The SMILES string of the molecule is COC(C)(C)CC(=O)Cc1ccc(F)cc1Br. The van der Waals surface area contributed by atoms with E-state index in [2.05, 4.69) is 15.9 Å². The van der Waals surface area contributed by atoms with Gasteiger partial charge in [0.15, 0.2) is 0 Å². The lowest BCUT2D eigenvalue weighted by molar-refractivity contribution is -0.123. The van der Waals surface area contributed by atoms with Crippen LogP contribution in [0.4, 0.5) is 4.39 Å². The van der Waals surface area contributed by atoms with Crippen LogP contribution >= 0.6 is 15.9 Å². The van der Waals surface area contributed by atoms with Crippen LogP contribution in [0.15, 0.2) is 22.7 Å². The zero-order valence-electron chi connectivity index (χ0n) is 10.2. The normalized spacial score (nSPS) is 11.6. The molecule has 94 valence electrons. The third-order valence-corrected chi connectivity index (χ3v) is 3.32. The molecule has 0 radical (unpaired) electrons. The number of ether oxygens (including phenoxy) is 1. The fourth-order valence-corrected chi connectivity index (χ4v) is 1.98. The molecule has 0 atom stereocenters. The third kappa shape index (κ3) is 4.56. The molecule has 1 aromatic rings. The van der Waals surface area contributed by atoms with Gasteiger partial charge in [-0.25, -0.2) is 4.39 Å². The van der Waals surface area contributed by atoms with Crippen LogP contribution in [0.5, 0.6) is 0 Å². The summed E-state index contributed by atoms with van der Waals surface area (Å²) in [6, 6.07) is 4.34. The van der Waals surface area contributed by atoms with Crippen molar-refractivity contribution < 1.29 is 13.9 Å². The first-order chi connectivity index (χ1) is 7.84. The Morgan fingerprint density at radius 2 is 2.12 bits per heavy atom. The van der Waals surface area contributed by atoms with Crippen molar-refractivity contribution in [3.63, 3.8) is 0 Å². The molecule has 0 saturated carbocycles. The molecule has 0 saturated heterocycles. The van der Waals surface area contributed by atoms with E-state index in [4.69, 9.17) is 4.74 Å². The first-order valence-corrected chi connectivity index (χ1v) is 6.14. The van der Waals surface area contributed by atoms with Crippen molar-refractivity contribution in [2.75, 3.05) is 7.11 Å². The number of methoxy groups -OCH3 is 1. The monoisotopic (exact) mass is 302 g/mol. The van der Waals surface area contributed by atoms with Crippen LogP contribution in [-0.2, 0) is 16.0 Å². The fourth-order valence-electron chi connectivity index (χ4n) is 1.49. The average Bonchev–Trinajstić information content (AvgIpc) is 2.21. The van der Waals surface area contributed by atoms with E-state index < -0.39 is 5.60 Å². The molecule has 1 rings (SSSR count). The number of Topliss-reactive ketones (excluding diaryl/α,β-unsaturated/α-hetero) is 1. The van der Waals surface area contributed by atoms with Crippen LogP contribution in [-0.4, -0.2) is 18.5 Å². The molecule has 0 spiro atoms. The largest absolute Gasteiger partial charge is 0.378 e. The van der Waals surface area contributed by atoms with E-state index in [0.717, 1.165) is 5.56 Å². The maximum Gasteiger partial charge on any atom is 0.140 e. The lowest BCUT2D eigenvalue weighted by atomic mass is 9.97. The highest BCUT2D eigenvalue weighted by Crippen LogP contribution is 2.21. The van der Waals surface area contributed by atoms with Gasteiger partial charge in [0.1, 0.15) is 11.6 Å². The molecule has 0 amide bonds. The van der Waals surface area contributed by atoms with Crippen molar-refractivity contribution in [2.45, 2.75) is 32.3 Å². The minimum absolute atomic E-state index is 0.0733. The summed E-state index contributed by atoms with van der Waals surface area (Å²) in [5.41, 5.74) is 0.340. The fraction of sp³-hybridized carbons (Fsp3) is 0.462. The summed E-state index contributed by atoms with van der Waals surface area (Å²) in [5.74, 6) is -0.241. The molecule has 2 nitrogen and oxygen atoms in total. The number of hydrogen-bond donors (Lipinski definition) is 0. The molecular formula is C13H16BrFO2. The van der Waals surface area contributed by atoms with Gasteiger partial charge in [0, 0.05) is 24.4 Å². The van der Waals surface area contributed by atoms with Gasteiger partial charge in [-0.2, -0.15) is 0 Å². The summed E-state index contributed by atoms with van der Waals surface area (Å²) in [7, 11) is 1.58. The van der Waals surface area contributed by atoms with Gasteiger partial charge in [-0.15, -0.1) is 0 Å². The van der Waals surface area contributed by atoms with Crippen molar-refractivity contribution in [3.05, 3.63) is 34.1 Å². The van der Waals surface area contributed by atoms with E-state index in [-0.39, 0.29) is 18.0 Å². The van der Waals surface area contributed by atoms with Crippen LogP contribution in [0.2, 0.25) is 0 Å². The first kappa shape index (κ1) is 14.3. The second-order valence-electron chi connectivity index (χ2n) is 4.59.